The quantitative estimate of drug-likeness (QED) is 0.0351. The van der Waals surface area contributed by atoms with Crippen LogP contribution < -0.4 is 29.6 Å². The number of H-pyrrole nitrogens is 1. The second kappa shape index (κ2) is 42.8. The maximum atomic E-state index is 10.0. The molecule has 23 heteroatoms. The largest absolute Gasteiger partial charge is 1.00 e. The third-order valence-corrected chi connectivity index (χ3v) is 11.5. The Hall–Kier alpha value is -0.947. The molecule has 14 nitrogen and oxygen atoms in total. The number of hydrogen-bond acceptors (Lipinski definition) is 11. The molecule has 78 heavy (non-hydrogen) atoms. The molecular formula is C55H70I5Ir2N12NaO2V-. The van der Waals surface area contributed by atoms with Gasteiger partial charge in [-0.25, -0.2) is 19.9 Å². The number of fused-ring (bicyclic) bond motifs is 3. The molecule has 422 valence electrons. The fraction of sp³-hybridized carbons (Fsp3) is 0.345. The zero-order chi connectivity index (χ0) is 54.9. The number of allylic oxidation sites excluding steroid dienone is 2. The maximum absolute atomic E-state index is 10.0. The number of rotatable bonds is 9. The molecule has 0 saturated carbocycles. The number of aryl methyl sites for hydroxylation is 3. The van der Waals surface area contributed by atoms with Crippen molar-refractivity contribution in [3.8, 4) is 33.8 Å². The number of aliphatic hydroxyl groups excluding tert-OH is 1. The van der Waals surface area contributed by atoms with E-state index >= 15 is 0 Å². The first-order valence-corrected chi connectivity index (χ1v) is 40.6. The Bertz CT molecular complexity index is 2980. The van der Waals surface area contributed by atoms with Gasteiger partial charge in [0.1, 0.15) is 11.6 Å². The summed E-state index contributed by atoms with van der Waals surface area (Å²) in [4.78, 5) is 53.3. The average Bonchev–Trinajstić information content (AvgIpc) is 4.11. The third kappa shape index (κ3) is 29.5. The van der Waals surface area contributed by atoms with E-state index in [0.29, 0.717) is 11.8 Å². The number of carbonyl (C=O) groups is 1. The summed E-state index contributed by atoms with van der Waals surface area (Å²) in [5.74, 6) is 4.31. The summed E-state index contributed by atoms with van der Waals surface area (Å²) < 4.78 is 5.77. The topological polar surface area (TPSA) is 179 Å². The molecule has 9 aromatic heterocycles. The van der Waals surface area contributed by atoms with Crippen LogP contribution >= 0.6 is 105 Å². The molecule has 0 amide bonds. The monoisotopic (exact) mass is 2020 g/mol. The molecule has 0 aromatic carbocycles. The Morgan fingerprint density at radius 1 is 0.654 bits per heavy atom. The second-order valence-electron chi connectivity index (χ2n) is 17.7. The number of carbonyl (C=O) groups excluding carboxylic acids is 1. The molecule has 0 aliphatic carbocycles. The number of nitrogens with zero attached hydrogens (tertiary/aromatic N) is 11. The van der Waals surface area contributed by atoms with Crippen molar-refractivity contribution >= 4 is 144 Å². The molecule has 2 N–H and O–H groups in total. The molecule has 0 saturated heterocycles. The predicted octanol–water partition coefficient (Wildman–Crippen LogP) is 13.6. The molecule has 0 aliphatic rings. The minimum absolute atomic E-state index is 0. The van der Waals surface area contributed by atoms with Gasteiger partial charge in [0.05, 0.1) is 46.1 Å². The van der Waals surface area contributed by atoms with Crippen molar-refractivity contribution in [3.63, 3.8) is 0 Å². The first-order chi connectivity index (χ1) is 35.2. The molecule has 0 spiro atoms. The Morgan fingerprint density at radius 2 is 1.05 bits per heavy atom. The summed E-state index contributed by atoms with van der Waals surface area (Å²) in [5.41, 5.74) is 8.77. The van der Waals surface area contributed by atoms with E-state index in [-0.39, 0.29) is 95.1 Å². The molecule has 0 aliphatic heterocycles. The van der Waals surface area contributed by atoms with Crippen LogP contribution in [-0.4, -0.2) is 79.2 Å². The van der Waals surface area contributed by atoms with Crippen LogP contribution in [0.3, 0.4) is 0 Å². The van der Waals surface area contributed by atoms with E-state index in [2.05, 4.69) is 248 Å². The van der Waals surface area contributed by atoms with E-state index in [1.807, 2.05) is 75.0 Å². The van der Waals surface area contributed by atoms with E-state index in [4.69, 9.17) is 5.11 Å². The normalized spacial score (nSPS) is 10.2. The number of pyridine rings is 3. The smallest absolute Gasteiger partial charge is 0 e. The third-order valence-electron chi connectivity index (χ3n) is 9.74. The van der Waals surface area contributed by atoms with Gasteiger partial charge in [0.2, 0.25) is 0 Å². The molecule has 0 atom stereocenters. The summed E-state index contributed by atoms with van der Waals surface area (Å²) in [7, 11) is 0. The average molecular weight is 2020 g/mol. The second-order valence-corrected chi connectivity index (χ2v) is 54.0. The van der Waals surface area contributed by atoms with Gasteiger partial charge in [-0.05, 0) is 105 Å². The first kappa shape index (κ1) is 79.1. The molecule has 0 fully saturated rings. The minimum atomic E-state index is -0.278. The van der Waals surface area contributed by atoms with Crippen molar-refractivity contribution in [2.24, 2.45) is 17.8 Å². The number of alkyl halides is 2. The molecule has 0 unspecified atom stereocenters. The number of hydrogen-bond donors (Lipinski definition) is 2. The van der Waals surface area contributed by atoms with Crippen molar-refractivity contribution < 1.29 is 86.0 Å². The number of nitrogens with one attached hydrogen (secondary N) is 1. The van der Waals surface area contributed by atoms with Gasteiger partial charge < -0.3 is 35.6 Å². The summed E-state index contributed by atoms with van der Waals surface area (Å²) in [5, 5.41) is 11.9. The molecule has 9 rings (SSSR count). The minimum Gasteiger partial charge on any atom is 0 e. The molecular weight excluding hydrogens is 1950 g/mol. The van der Waals surface area contributed by atoms with Crippen LogP contribution in [0.15, 0.2) is 116 Å². The van der Waals surface area contributed by atoms with Crippen LogP contribution in [-0.2, 0) is 63.0 Å². The van der Waals surface area contributed by atoms with Crippen LogP contribution in [0.4, 0.5) is 0 Å². The van der Waals surface area contributed by atoms with Crippen molar-refractivity contribution in [2.75, 3.05) is 9.36 Å². The number of aliphatic hydroxyl groups is 1. The van der Waals surface area contributed by atoms with Gasteiger partial charge in [0, 0.05) is 141 Å². The van der Waals surface area contributed by atoms with Gasteiger partial charge in [-0.3, -0.25) is 14.8 Å². The Morgan fingerprint density at radius 3 is 1.42 bits per heavy atom. The summed E-state index contributed by atoms with van der Waals surface area (Å²) >= 11 is 11.9. The summed E-state index contributed by atoms with van der Waals surface area (Å²) in [6, 6.07) is 12.5. The Labute approximate surface area is 577 Å². The van der Waals surface area contributed by atoms with Crippen LogP contribution in [0, 0.1) is 44.7 Å². The standard InChI is InChI=1S/C16H18N4.C16H17N4.C12H10N4.C5H8O2.C4H9I.CH3I.CH4.3HI.2Ir.Na.V.H/c2*1-11(2)10-20-5-4-13-6-15(19-9-16(13)20)14-7-17-12(3)18-8-14;1-8-14-5-10(6-15-8)11-4-9-2-3-13-12(9)7-16-11;1-4(6)3-5(2)7;1-4(2)3-5;1-2;;;;;;;;;/h4-9,11H,10H2,1-3H3;4-7,9,11H,10H2,1-3H3;2-7,13H,1H3;3,6H,1-2H3;4H,3H2,1-2H3;1H3;1H4;3*1H;;;;;/q;-1;;;;;;;;;;;+1;+3;-1/p-3. The summed E-state index contributed by atoms with van der Waals surface area (Å²) in [6.07, 6.45) is 25.0. The van der Waals surface area contributed by atoms with Crippen LogP contribution in [0.5, 0.6) is 0 Å². The van der Waals surface area contributed by atoms with Crippen molar-refractivity contribution in [3.05, 3.63) is 140 Å². The summed E-state index contributed by atoms with van der Waals surface area (Å²) in [6.45, 7) is 23.8. The van der Waals surface area contributed by atoms with Gasteiger partial charge in [-0.1, -0.05) is 112 Å². The van der Waals surface area contributed by atoms with E-state index in [1.165, 1.54) is 40.6 Å². The molecule has 9 heterocycles. The zero-order valence-corrected chi connectivity index (χ0v) is 64.5. The zero-order valence-electron chi connectivity index (χ0n) is 46.5. The number of aromatic amines is 1. The van der Waals surface area contributed by atoms with E-state index in [9.17, 15) is 4.79 Å². The number of halogens is 5. The van der Waals surface area contributed by atoms with Crippen LogP contribution in [0.1, 0.15) is 81.7 Å². The van der Waals surface area contributed by atoms with Gasteiger partial charge in [-0.15, -0.1) is 0 Å². The van der Waals surface area contributed by atoms with Crippen molar-refractivity contribution in [2.45, 2.75) is 96.7 Å². The van der Waals surface area contributed by atoms with Gasteiger partial charge in [0.25, 0.3) is 0 Å². The predicted molar refractivity (Wildman–Crippen MR) is 352 cm³/mol. The van der Waals surface area contributed by atoms with E-state index < -0.39 is 0 Å². The van der Waals surface area contributed by atoms with E-state index in [1.54, 1.807) is 18.6 Å². The fourth-order valence-corrected chi connectivity index (χ4v) is 6.52. The molecule has 9 aromatic rings. The number of aromatic nitrogens is 12. The fourth-order valence-electron chi connectivity index (χ4n) is 6.52. The van der Waals surface area contributed by atoms with Gasteiger partial charge in [0.15, 0.2) is 5.78 Å². The molecule has 0 bridgehead atoms. The Balaban J connectivity index is -0.000000929. The molecule has 2 radical (unpaired) electrons. The van der Waals surface area contributed by atoms with E-state index in [0.717, 1.165) is 86.7 Å². The SMILES string of the molecule is C.CC(=O)C=C(C)O.CC(C)CI.CI.Cc1n[c-]c(-c2cc3ccn(CC(C)C)c3cn2)cn1.Cc1ncc(-c2cc3cc[nH]c3cn2)cn1.Cc1ncc(-c2cc3ccn(CC(C)C)c3cn2)cn1.[H-].[I][V]([I])[I].[Ir].[Ir].[Na+]. The van der Waals surface area contributed by atoms with Crippen LogP contribution in [0.2, 0.25) is 0 Å². The number of ketones is 1. The van der Waals surface area contributed by atoms with Crippen molar-refractivity contribution in [1.82, 2.24) is 59.0 Å². The van der Waals surface area contributed by atoms with Gasteiger partial charge >= 0.3 is 94.4 Å². The first-order valence-electron chi connectivity index (χ1n) is 23.4. The maximum Gasteiger partial charge on any atom is 1.00 e. The van der Waals surface area contributed by atoms with Gasteiger partial charge in [-0.2, -0.15) is 0 Å². The van der Waals surface area contributed by atoms with Crippen molar-refractivity contribution in [1.29, 1.82) is 0 Å². The Kier molecular flexibility index (Phi) is 43.4. The van der Waals surface area contributed by atoms with Crippen LogP contribution in [0.25, 0.3) is 66.5 Å².